The second-order valence-electron chi connectivity index (χ2n) is 7.48. The molecule has 0 atom stereocenters. The van der Waals surface area contributed by atoms with Gasteiger partial charge in [0.2, 0.25) is 5.91 Å². The van der Waals surface area contributed by atoms with Crippen LogP contribution in [0.15, 0.2) is 18.2 Å². The van der Waals surface area contributed by atoms with E-state index < -0.39 is 0 Å². The van der Waals surface area contributed by atoms with Crippen molar-refractivity contribution >= 4 is 22.8 Å². The SMILES string of the molecule is CC(=O)N1CCn2nc(C(=O)N(C)Cc3nc4cc(C)c(C)cc4[nH]3)cc2C1. The van der Waals surface area contributed by atoms with Crippen LogP contribution in [0.1, 0.15) is 40.1 Å². The fourth-order valence-corrected chi connectivity index (χ4v) is 3.53. The Hall–Kier alpha value is -3.16. The van der Waals surface area contributed by atoms with Crippen molar-refractivity contribution < 1.29 is 9.59 Å². The average molecular weight is 380 g/mol. The molecule has 0 aliphatic carbocycles. The lowest BCUT2D eigenvalue weighted by atomic mass is 10.1. The molecule has 2 aromatic heterocycles. The van der Waals surface area contributed by atoms with E-state index in [1.54, 1.807) is 29.8 Å². The van der Waals surface area contributed by atoms with Crippen molar-refractivity contribution in [3.63, 3.8) is 0 Å². The fraction of sp³-hybridized carbons (Fsp3) is 0.400. The number of aromatic amines is 1. The predicted molar refractivity (Wildman–Crippen MR) is 105 cm³/mol. The molecular weight excluding hydrogens is 356 g/mol. The lowest BCUT2D eigenvalue weighted by Gasteiger charge is -2.26. The van der Waals surface area contributed by atoms with E-state index in [2.05, 4.69) is 41.0 Å². The third-order valence-electron chi connectivity index (χ3n) is 5.34. The molecule has 4 rings (SSSR count). The van der Waals surface area contributed by atoms with Crippen molar-refractivity contribution in [3.05, 3.63) is 46.5 Å². The second kappa shape index (κ2) is 6.78. The van der Waals surface area contributed by atoms with Gasteiger partial charge in [-0.25, -0.2) is 4.98 Å². The summed E-state index contributed by atoms with van der Waals surface area (Å²) < 4.78 is 1.81. The maximum absolute atomic E-state index is 12.8. The first-order valence-electron chi connectivity index (χ1n) is 9.35. The third-order valence-corrected chi connectivity index (χ3v) is 5.34. The zero-order valence-corrected chi connectivity index (χ0v) is 16.6. The number of carbonyl (C=O) groups excluding carboxylic acids is 2. The highest BCUT2D eigenvalue weighted by Crippen LogP contribution is 2.19. The normalized spacial score (nSPS) is 13.6. The van der Waals surface area contributed by atoms with Gasteiger partial charge >= 0.3 is 0 Å². The summed E-state index contributed by atoms with van der Waals surface area (Å²) in [6, 6.07) is 5.91. The highest BCUT2D eigenvalue weighted by atomic mass is 16.2. The van der Waals surface area contributed by atoms with Gasteiger partial charge in [0.15, 0.2) is 5.69 Å². The summed E-state index contributed by atoms with van der Waals surface area (Å²) in [5, 5.41) is 4.43. The van der Waals surface area contributed by atoms with Gasteiger partial charge in [0, 0.05) is 20.5 Å². The molecule has 0 saturated heterocycles. The standard InChI is InChI=1S/C20H24N6O2/c1-12-7-16-17(8-13(12)2)22-19(21-16)11-24(4)20(28)18-9-15-10-25(14(3)27)5-6-26(15)23-18/h7-9H,5-6,10-11H2,1-4H3,(H,21,22). The zero-order chi connectivity index (χ0) is 20.0. The monoisotopic (exact) mass is 380 g/mol. The van der Waals surface area contributed by atoms with Crippen molar-refractivity contribution in [1.29, 1.82) is 0 Å². The van der Waals surface area contributed by atoms with E-state index in [1.165, 1.54) is 11.1 Å². The topological polar surface area (TPSA) is 87.1 Å². The van der Waals surface area contributed by atoms with E-state index in [0.717, 1.165) is 22.6 Å². The Morgan fingerprint density at radius 3 is 2.68 bits per heavy atom. The van der Waals surface area contributed by atoms with Crippen molar-refractivity contribution in [3.8, 4) is 0 Å². The Bertz CT molecular complexity index is 1040. The molecule has 3 aromatic rings. The first-order valence-corrected chi connectivity index (χ1v) is 9.35. The molecule has 8 heteroatoms. The quantitative estimate of drug-likeness (QED) is 0.753. The van der Waals surface area contributed by atoms with Gasteiger partial charge in [-0.2, -0.15) is 5.10 Å². The molecule has 3 heterocycles. The Kier molecular flexibility index (Phi) is 4.41. The number of hydrogen-bond donors (Lipinski definition) is 1. The summed E-state index contributed by atoms with van der Waals surface area (Å²) in [5.74, 6) is 0.611. The average Bonchev–Trinajstić information content (AvgIpc) is 3.23. The van der Waals surface area contributed by atoms with Crippen LogP contribution in [0.25, 0.3) is 11.0 Å². The van der Waals surface area contributed by atoms with Gasteiger partial charge in [-0.3, -0.25) is 14.3 Å². The summed E-state index contributed by atoms with van der Waals surface area (Å²) in [6.45, 7) is 7.77. The maximum Gasteiger partial charge on any atom is 0.274 e. The van der Waals surface area contributed by atoms with E-state index in [0.29, 0.717) is 31.9 Å². The molecular formula is C20H24N6O2. The molecule has 1 aliphatic heterocycles. The summed E-state index contributed by atoms with van der Waals surface area (Å²) in [4.78, 5) is 35.7. The molecule has 0 bridgehead atoms. The number of nitrogens with one attached hydrogen (secondary N) is 1. The van der Waals surface area contributed by atoms with Crippen molar-refractivity contribution in [1.82, 2.24) is 29.5 Å². The van der Waals surface area contributed by atoms with E-state index in [1.807, 2.05) is 4.68 Å². The van der Waals surface area contributed by atoms with Crippen LogP contribution in [0.4, 0.5) is 0 Å². The number of nitrogens with zero attached hydrogens (tertiary/aromatic N) is 5. The maximum atomic E-state index is 12.8. The third kappa shape index (κ3) is 3.26. The van der Waals surface area contributed by atoms with Gasteiger partial charge < -0.3 is 14.8 Å². The minimum atomic E-state index is -0.163. The smallest absolute Gasteiger partial charge is 0.274 e. The number of H-pyrrole nitrogens is 1. The van der Waals surface area contributed by atoms with Gasteiger partial charge in [0.1, 0.15) is 5.82 Å². The van der Waals surface area contributed by atoms with Crippen LogP contribution < -0.4 is 0 Å². The molecule has 2 amide bonds. The number of aromatic nitrogens is 4. The van der Waals surface area contributed by atoms with Gasteiger partial charge in [-0.1, -0.05) is 0 Å². The molecule has 0 radical (unpaired) electrons. The number of fused-ring (bicyclic) bond motifs is 2. The molecule has 0 unspecified atom stereocenters. The number of carbonyl (C=O) groups is 2. The number of rotatable bonds is 3. The Morgan fingerprint density at radius 1 is 1.18 bits per heavy atom. The number of amides is 2. The summed E-state index contributed by atoms with van der Waals surface area (Å²) in [7, 11) is 1.74. The lowest BCUT2D eigenvalue weighted by molar-refractivity contribution is -0.130. The van der Waals surface area contributed by atoms with Crippen LogP contribution in [-0.4, -0.2) is 55.0 Å². The molecule has 0 saturated carbocycles. The fourth-order valence-electron chi connectivity index (χ4n) is 3.53. The van der Waals surface area contributed by atoms with E-state index >= 15 is 0 Å². The van der Waals surface area contributed by atoms with Crippen molar-refractivity contribution in [2.45, 2.75) is 40.4 Å². The number of imidazole rings is 1. The van der Waals surface area contributed by atoms with Crippen LogP contribution in [0.5, 0.6) is 0 Å². The molecule has 146 valence electrons. The van der Waals surface area contributed by atoms with Gasteiger partial charge in [-0.05, 0) is 43.2 Å². The summed E-state index contributed by atoms with van der Waals surface area (Å²) in [6.07, 6.45) is 0. The molecule has 8 nitrogen and oxygen atoms in total. The summed E-state index contributed by atoms with van der Waals surface area (Å²) >= 11 is 0. The first kappa shape index (κ1) is 18.2. The van der Waals surface area contributed by atoms with Gasteiger partial charge in [0.05, 0.1) is 36.4 Å². The number of aryl methyl sites for hydroxylation is 2. The van der Waals surface area contributed by atoms with E-state index in [9.17, 15) is 9.59 Å². The van der Waals surface area contributed by atoms with Crippen LogP contribution in [-0.2, 0) is 24.4 Å². The molecule has 1 aromatic carbocycles. The predicted octanol–water partition coefficient (Wildman–Crippen LogP) is 2.01. The molecule has 28 heavy (non-hydrogen) atoms. The highest BCUT2D eigenvalue weighted by Gasteiger charge is 2.24. The Balaban J connectivity index is 1.50. The molecule has 1 aliphatic rings. The highest BCUT2D eigenvalue weighted by molar-refractivity contribution is 5.92. The summed E-state index contributed by atoms with van der Waals surface area (Å²) in [5.41, 5.74) is 5.55. The lowest BCUT2D eigenvalue weighted by Crippen LogP contribution is -2.36. The second-order valence-corrected chi connectivity index (χ2v) is 7.48. The number of hydrogen-bond acceptors (Lipinski definition) is 4. The Morgan fingerprint density at radius 2 is 1.93 bits per heavy atom. The van der Waals surface area contributed by atoms with Crippen LogP contribution in [0.3, 0.4) is 0 Å². The van der Waals surface area contributed by atoms with Crippen LogP contribution >= 0.6 is 0 Å². The Labute approximate surface area is 163 Å². The van der Waals surface area contributed by atoms with Gasteiger partial charge in [0.25, 0.3) is 5.91 Å². The van der Waals surface area contributed by atoms with E-state index in [-0.39, 0.29) is 11.8 Å². The van der Waals surface area contributed by atoms with Crippen molar-refractivity contribution in [2.24, 2.45) is 0 Å². The van der Waals surface area contributed by atoms with Gasteiger partial charge in [-0.15, -0.1) is 0 Å². The zero-order valence-electron chi connectivity index (χ0n) is 16.6. The van der Waals surface area contributed by atoms with Crippen LogP contribution in [0.2, 0.25) is 0 Å². The largest absolute Gasteiger partial charge is 0.340 e. The van der Waals surface area contributed by atoms with Crippen LogP contribution in [0, 0.1) is 13.8 Å². The van der Waals surface area contributed by atoms with E-state index in [4.69, 9.17) is 0 Å². The molecule has 0 spiro atoms. The molecule has 1 N–H and O–H groups in total. The van der Waals surface area contributed by atoms with Crippen molar-refractivity contribution in [2.75, 3.05) is 13.6 Å². The molecule has 0 fully saturated rings. The first-order chi connectivity index (χ1) is 13.3. The minimum absolute atomic E-state index is 0.0350. The minimum Gasteiger partial charge on any atom is -0.340 e. The number of benzene rings is 1.